The maximum absolute atomic E-state index is 11.0. The van der Waals surface area contributed by atoms with Crippen molar-refractivity contribution in [2.24, 2.45) is 0 Å². The number of rotatable bonds is 20. The quantitative estimate of drug-likeness (QED) is 0.154. The van der Waals surface area contributed by atoms with E-state index in [0.29, 0.717) is 12.4 Å². The van der Waals surface area contributed by atoms with Gasteiger partial charge >= 0.3 is 0 Å². The summed E-state index contributed by atoms with van der Waals surface area (Å²) in [5.41, 5.74) is 3.44. The highest BCUT2D eigenvalue weighted by Gasteiger charge is 2.24. The van der Waals surface area contributed by atoms with E-state index in [4.69, 9.17) is 4.74 Å². The molecule has 0 saturated heterocycles. The smallest absolute Gasteiger partial charge is 0.201 e. The summed E-state index contributed by atoms with van der Waals surface area (Å²) >= 11 is 0. The first-order valence-electron chi connectivity index (χ1n) is 13.8. The molecule has 0 radical (unpaired) electrons. The summed E-state index contributed by atoms with van der Waals surface area (Å²) in [6.07, 6.45) is 20.3. The van der Waals surface area contributed by atoms with Gasteiger partial charge in [0.2, 0.25) is 5.75 Å². The van der Waals surface area contributed by atoms with Gasteiger partial charge in [-0.2, -0.15) is 0 Å². The van der Waals surface area contributed by atoms with Crippen molar-refractivity contribution in [3.63, 3.8) is 0 Å². The fourth-order valence-corrected chi connectivity index (χ4v) is 4.56. The largest absolute Gasteiger partial charge is 0.504 e. The zero-order valence-electron chi connectivity index (χ0n) is 21.7. The minimum Gasteiger partial charge on any atom is -0.504 e. The fourth-order valence-electron chi connectivity index (χ4n) is 4.56. The number of hydrogen-bond donors (Lipinski definition) is 2. The molecule has 1 aromatic rings. The van der Waals surface area contributed by atoms with Crippen molar-refractivity contribution < 1.29 is 14.9 Å². The van der Waals surface area contributed by atoms with Gasteiger partial charge in [-0.3, -0.25) is 0 Å². The summed E-state index contributed by atoms with van der Waals surface area (Å²) in [6.45, 7) is 9.49. The van der Waals surface area contributed by atoms with Crippen LogP contribution in [0.5, 0.6) is 17.2 Å². The van der Waals surface area contributed by atoms with Crippen LogP contribution in [0, 0.1) is 0 Å². The van der Waals surface area contributed by atoms with Crippen LogP contribution in [-0.4, -0.2) is 16.8 Å². The molecule has 0 aliphatic carbocycles. The van der Waals surface area contributed by atoms with Crippen molar-refractivity contribution in [2.75, 3.05) is 6.61 Å². The van der Waals surface area contributed by atoms with Crippen LogP contribution in [0.3, 0.4) is 0 Å². The molecule has 3 nitrogen and oxygen atoms in total. The average molecular weight is 449 g/mol. The highest BCUT2D eigenvalue weighted by molar-refractivity contribution is 5.62. The van der Waals surface area contributed by atoms with Gasteiger partial charge in [0.15, 0.2) is 11.5 Å². The normalized spacial score (nSPS) is 11.2. The molecule has 0 bridgehead atoms. The van der Waals surface area contributed by atoms with Gasteiger partial charge in [-0.15, -0.1) is 0 Å². The Morgan fingerprint density at radius 2 is 0.906 bits per heavy atom. The Kier molecular flexibility index (Phi) is 16.2. The van der Waals surface area contributed by atoms with Crippen LogP contribution in [0.1, 0.15) is 141 Å². The molecule has 0 heterocycles. The molecule has 1 aromatic carbocycles. The summed E-state index contributed by atoms with van der Waals surface area (Å²) in [5.74, 6) is 0.627. The van der Waals surface area contributed by atoms with E-state index in [1.165, 1.54) is 68.9 Å². The molecule has 32 heavy (non-hydrogen) atoms. The second kappa shape index (κ2) is 18.1. The van der Waals surface area contributed by atoms with Crippen LogP contribution in [0.25, 0.3) is 0 Å². The molecule has 0 unspecified atom stereocenters. The third-order valence-electron chi connectivity index (χ3n) is 6.56. The summed E-state index contributed by atoms with van der Waals surface area (Å²) in [6, 6.07) is 0. The molecule has 1 rings (SSSR count). The van der Waals surface area contributed by atoms with Gasteiger partial charge in [-0.1, -0.05) is 98.3 Å². The molecule has 0 saturated carbocycles. The standard InChI is InChI=1S/C29H52O3/c1-5-9-13-16-20-24-25(21-17-14-10-6-2)27(30)28(31)29(32-23-19-12-8-4)26(24)22-18-15-11-7-3/h30-31H,5-23H2,1-4H3. The Bertz CT molecular complexity index is 556. The van der Waals surface area contributed by atoms with Crippen molar-refractivity contribution in [2.45, 2.75) is 143 Å². The van der Waals surface area contributed by atoms with E-state index >= 15 is 0 Å². The topological polar surface area (TPSA) is 49.7 Å². The second-order valence-electron chi connectivity index (χ2n) is 9.45. The lowest BCUT2D eigenvalue weighted by Gasteiger charge is -2.23. The van der Waals surface area contributed by atoms with Gasteiger partial charge in [0.25, 0.3) is 0 Å². The number of unbranched alkanes of at least 4 members (excludes halogenated alkanes) is 11. The number of ether oxygens (including phenoxy) is 1. The van der Waals surface area contributed by atoms with Crippen molar-refractivity contribution >= 4 is 0 Å². The number of phenolic OH excluding ortho intramolecular Hbond substituents is 2. The van der Waals surface area contributed by atoms with Crippen LogP contribution in [0.4, 0.5) is 0 Å². The van der Waals surface area contributed by atoms with Crippen molar-refractivity contribution in [3.8, 4) is 17.2 Å². The Morgan fingerprint density at radius 1 is 0.469 bits per heavy atom. The molecule has 2 N–H and O–H groups in total. The summed E-state index contributed by atoms with van der Waals surface area (Å²) < 4.78 is 6.16. The van der Waals surface area contributed by atoms with Crippen LogP contribution >= 0.6 is 0 Å². The van der Waals surface area contributed by atoms with E-state index in [1.807, 2.05) is 0 Å². The van der Waals surface area contributed by atoms with Crippen molar-refractivity contribution in [1.82, 2.24) is 0 Å². The second-order valence-corrected chi connectivity index (χ2v) is 9.45. The lowest BCUT2D eigenvalue weighted by Crippen LogP contribution is -2.08. The summed E-state index contributed by atoms with van der Waals surface area (Å²) in [7, 11) is 0. The summed E-state index contributed by atoms with van der Waals surface area (Å²) in [4.78, 5) is 0. The lowest BCUT2D eigenvalue weighted by atomic mass is 9.88. The van der Waals surface area contributed by atoms with Crippen molar-refractivity contribution in [3.05, 3.63) is 16.7 Å². The monoisotopic (exact) mass is 448 g/mol. The van der Waals surface area contributed by atoms with Crippen LogP contribution in [0.15, 0.2) is 0 Å². The number of aromatic hydroxyl groups is 2. The van der Waals surface area contributed by atoms with E-state index in [1.54, 1.807) is 0 Å². The predicted octanol–water partition coefficient (Wildman–Crippen LogP) is 9.04. The predicted molar refractivity (Wildman–Crippen MR) is 138 cm³/mol. The zero-order valence-corrected chi connectivity index (χ0v) is 21.7. The van der Waals surface area contributed by atoms with E-state index in [0.717, 1.165) is 63.4 Å². The number of hydrogen-bond acceptors (Lipinski definition) is 3. The maximum atomic E-state index is 11.0. The Hall–Kier alpha value is -1.38. The number of phenols is 2. The first-order valence-corrected chi connectivity index (χ1v) is 13.8. The van der Waals surface area contributed by atoms with Crippen molar-refractivity contribution in [1.29, 1.82) is 0 Å². The van der Waals surface area contributed by atoms with Gasteiger partial charge in [-0.25, -0.2) is 0 Å². The molecule has 3 heteroatoms. The zero-order chi connectivity index (χ0) is 23.6. The Balaban J connectivity index is 3.26. The van der Waals surface area contributed by atoms with Gasteiger partial charge in [0.1, 0.15) is 0 Å². The van der Waals surface area contributed by atoms with E-state index in [-0.39, 0.29) is 11.5 Å². The Labute approximate surface area is 199 Å². The van der Waals surface area contributed by atoms with Crippen LogP contribution < -0.4 is 4.74 Å². The minimum atomic E-state index is -0.0187. The fraction of sp³-hybridized carbons (Fsp3) is 0.793. The molecule has 0 spiro atoms. The van der Waals surface area contributed by atoms with Gasteiger partial charge in [0.05, 0.1) is 6.61 Å². The third-order valence-corrected chi connectivity index (χ3v) is 6.56. The first-order chi connectivity index (χ1) is 15.6. The minimum absolute atomic E-state index is 0.0187. The van der Waals surface area contributed by atoms with Gasteiger partial charge in [0, 0.05) is 11.1 Å². The molecule has 0 aliphatic rings. The van der Waals surface area contributed by atoms with Gasteiger partial charge < -0.3 is 14.9 Å². The third kappa shape index (κ3) is 10.0. The van der Waals surface area contributed by atoms with E-state index in [9.17, 15) is 10.2 Å². The van der Waals surface area contributed by atoms with E-state index in [2.05, 4.69) is 27.7 Å². The summed E-state index contributed by atoms with van der Waals surface area (Å²) in [5, 5.41) is 22.0. The SMILES string of the molecule is CCCCCCc1c(O)c(O)c(OCCCCC)c(CCCCCC)c1CCCCCC. The molecule has 186 valence electrons. The molecule has 0 atom stereocenters. The molecular weight excluding hydrogens is 396 g/mol. The Morgan fingerprint density at radius 3 is 1.41 bits per heavy atom. The lowest BCUT2D eigenvalue weighted by molar-refractivity contribution is 0.280. The molecular formula is C29H52O3. The molecule has 0 aliphatic heterocycles. The molecule has 0 amide bonds. The maximum Gasteiger partial charge on any atom is 0.201 e. The highest BCUT2D eigenvalue weighted by Crippen LogP contribution is 2.46. The van der Waals surface area contributed by atoms with Crippen LogP contribution in [0.2, 0.25) is 0 Å². The van der Waals surface area contributed by atoms with Gasteiger partial charge in [-0.05, 0) is 50.5 Å². The van der Waals surface area contributed by atoms with E-state index < -0.39 is 0 Å². The van der Waals surface area contributed by atoms with Crippen LogP contribution in [-0.2, 0) is 19.3 Å². The average Bonchev–Trinajstić information content (AvgIpc) is 2.80. The first kappa shape index (κ1) is 28.7. The number of benzene rings is 1. The molecule has 0 fully saturated rings. The highest BCUT2D eigenvalue weighted by atomic mass is 16.5. The molecule has 0 aromatic heterocycles.